The molecule has 0 bridgehead atoms. The minimum atomic E-state index is -1.25. The molecule has 8 heteroatoms. The molecule has 0 spiro atoms. The van der Waals surface area contributed by atoms with Crippen molar-refractivity contribution in [3.05, 3.63) is 23.8 Å². The molecule has 0 heterocycles. The van der Waals surface area contributed by atoms with E-state index in [9.17, 15) is 18.9 Å². The number of hydrogen-bond acceptors (Lipinski definition) is 4. The van der Waals surface area contributed by atoms with Gasteiger partial charge in [0.15, 0.2) is 0 Å². The molecule has 1 rings (SSSR count). The van der Waals surface area contributed by atoms with Crippen molar-refractivity contribution in [2.75, 3.05) is 18.1 Å². The van der Waals surface area contributed by atoms with Gasteiger partial charge in [-0.15, -0.1) is 0 Å². The Hall–Kier alpha value is -2.09. The third kappa shape index (κ3) is 5.42. The number of aromatic carboxylic acids is 1. The third-order valence-electron chi connectivity index (χ3n) is 2.88. The van der Waals surface area contributed by atoms with Crippen molar-refractivity contribution in [1.82, 2.24) is 5.32 Å². The average molecular weight is 314 g/mol. The van der Waals surface area contributed by atoms with Crippen LogP contribution in [-0.2, 0) is 10.8 Å². The lowest BCUT2D eigenvalue weighted by molar-refractivity contribution is 0.0697. The second-order valence-electron chi connectivity index (χ2n) is 4.51. The molecule has 1 aromatic rings. The van der Waals surface area contributed by atoms with Crippen molar-refractivity contribution in [3.63, 3.8) is 0 Å². The molecule has 7 nitrogen and oxygen atoms in total. The Bertz CT molecular complexity index is 561. The highest BCUT2D eigenvalue weighted by Crippen LogP contribution is 2.21. The quantitative estimate of drug-likeness (QED) is 0.592. The number of carbonyl (C=O) groups is 2. The number of amides is 2. The molecule has 2 atom stereocenters. The molecular formula is C13H18N2O5S. The molecule has 2 unspecified atom stereocenters. The Balaban J connectivity index is 2.59. The number of hydrogen-bond donors (Lipinski definition) is 4. The van der Waals surface area contributed by atoms with E-state index < -0.39 is 22.8 Å². The molecule has 21 heavy (non-hydrogen) atoms. The first kappa shape index (κ1) is 17.0. The minimum Gasteiger partial charge on any atom is -0.508 e. The lowest BCUT2D eigenvalue weighted by Gasteiger charge is -2.12. The van der Waals surface area contributed by atoms with Crippen LogP contribution in [0.25, 0.3) is 0 Å². The van der Waals surface area contributed by atoms with Crippen molar-refractivity contribution in [2.24, 2.45) is 0 Å². The summed E-state index contributed by atoms with van der Waals surface area (Å²) < 4.78 is 11.2. The maximum atomic E-state index is 11.7. The van der Waals surface area contributed by atoms with Gasteiger partial charge in [0.2, 0.25) is 0 Å². The highest BCUT2D eigenvalue weighted by atomic mass is 32.2. The lowest BCUT2D eigenvalue weighted by atomic mass is 10.1. The fourth-order valence-corrected chi connectivity index (χ4v) is 1.99. The summed E-state index contributed by atoms with van der Waals surface area (Å²) in [4.78, 5) is 22.7. The van der Waals surface area contributed by atoms with Gasteiger partial charge in [0.05, 0.1) is 11.3 Å². The Morgan fingerprint density at radius 3 is 2.62 bits per heavy atom. The Morgan fingerprint density at radius 1 is 1.38 bits per heavy atom. The van der Waals surface area contributed by atoms with Gasteiger partial charge in [0, 0.05) is 28.9 Å². The number of aromatic hydroxyl groups is 1. The van der Waals surface area contributed by atoms with Crippen LogP contribution in [0.3, 0.4) is 0 Å². The molecule has 0 aromatic heterocycles. The predicted octanol–water partition coefficient (Wildman–Crippen LogP) is 1.37. The second-order valence-corrected chi connectivity index (χ2v) is 6.32. The monoisotopic (exact) mass is 314 g/mol. The number of nitrogens with one attached hydrogen (secondary N) is 2. The number of carboxylic acid groups (broad SMARTS) is 1. The molecule has 0 aliphatic heterocycles. The SMILES string of the molecule is CC(CCNC(=O)Nc1ccc(O)cc1C(=O)O)S(C)=O. The first-order chi connectivity index (χ1) is 9.81. The zero-order valence-corrected chi connectivity index (χ0v) is 12.6. The van der Waals surface area contributed by atoms with Gasteiger partial charge in [-0.25, -0.2) is 9.59 Å². The van der Waals surface area contributed by atoms with E-state index in [0.717, 1.165) is 6.07 Å². The Morgan fingerprint density at radius 2 is 2.05 bits per heavy atom. The van der Waals surface area contributed by atoms with Crippen LogP contribution < -0.4 is 10.6 Å². The first-order valence-electron chi connectivity index (χ1n) is 6.24. The summed E-state index contributed by atoms with van der Waals surface area (Å²) in [5, 5.41) is 23.2. The van der Waals surface area contributed by atoms with Gasteiger partial charge >= 0.3 is 12.0 Å². The molecule has 4 N–H and O–H groups in total. The number of urea groups is 1. The molecule has 0 aliphatic carbocycles. The smallest absolute Gasteiger partial charge is 0.337 e. The summed E-state index contributed by atoms with van der Waals surface area (Å²) in [6, 6.07) is 3.09. The lowest BCUT2D eigenvalue weighted by Crippen LogP contribution is -2.32. The summed E-state index contributed by atoms with van der Waals surface area (Å²) in [6.07, 6.45) is 2.15. The minimum absolute atomic E-state index is 0.0337. The van der Waals surface area contributed by atoms with Crippen molar-refractivity contribution in [3.8, 4) is 5.75 Å². The summed E-state index contributed by atoms with van der Waals surface area (Å²) in [6.45, 7) is 2.14. The normalized spacial score (nSPS) is 13.2. The van der Waals surface area contributed by atoms with Crippen LogP contribution in [0.5, 0.6) is 5.75 Å². The van der Waals surface area contributed by atoms with E-state index in [1.807, 2.05) is 6.92 Å². The van der Waals surface area contributed by atoms with Crippen LogP contribution in [0.15, 0.2) is 18.2 Å². The van der Waals surface area contributed by atoms with Gasteiger partial charge < -0.3 is 20.8 Å². The van der Waals surface area contributed by atoms with Crippen molar-refractivity contribution in [2.45, 2.75) is 18.6 Å². The summed E-state index contributed by atoms with van der Waals surface area (Å²) >= 11 is 0. The van der Waals surface area contributed by atoms with Crippen molar-refractivity contribution < 1.29 is 24.0 Å². The maximum absolute atomic E-state index is 11.7. The predicted molar refractivity (Wildman–Crippen MR) is 80.2 cm³/mol. The summed E-state index contributed by atoms with van der Waals surface area (Å²) in [5.41, 5.74) is -0.113. The van der Waals surface area contributed by atoms with Crippen LogP contribution >= 0.6 is 0 Å². The topological polar surface area (TPSA) is 116 Å². The molecular weight excluding hydrogens is 296 g/mol. The summed E-state index contributed by atoms with van der Waals surface area (Å²) in [7, 11) is -0.953. The molecule has 0 radical (unpaired) electrons. The molecule has 116 valence electrons. The number of carbonyl (C=O) groups excluding carboxylic acids is 1. The summed E-state index contributed by atoms with van der Waals surface area (Å²) in [5.74, 6) is -1.45. The first-order valence-corrected chi connectivity index (χ1v) is 7.86. The van der Waals surface area contributed by atoms with E-state index >= 15 is 0 Å². The largest absolute Gasteiger partial charge is 0.508 e. The van der Waals surface area contributed by atoms with Crippen molar-refractivity contribution >= 4 is 28.5 Å². The molecule has 0 saturated heterocycles. The van der Waals surface area contributed by atoms with Crippen LogP contribution in [0.2, 0.25) is 0 Å². The van der Waals surface area contributed by atoms with Gasteiger partial charge in [-0.3, -0.25) is 4.21 Å². The van der Waals surface area contributed by atoms with Gasteiger partial charge in [-0.2, -0.15) is 0 Å². The number of phenols is 1. The Labute approximate surface area is 124 Å². The number of anilines is 1. The number of phenolic OH excluding ortho intramolecular Hbond substituents is 1. The molecule has 1 aromatic carbocycles. The third-order valence-corrected chi connectivity index (χ3v) is 4.25. The maximum Gasteiger partial charge on any atom is 0.337 e. The van der Waals surface area contributed by atoms with E-state index in [4.69, 9.17) is 5.11 Å². The van der Waals surface area contributed by atoms with Crippen LogP contribution in [-0.4, -0.2) is 44.5 Å². The fourth-order valence-electron chi connectivity index (χ4n) is 1.54. The zero-order chi connectivity index (χ0) is 16.0. The van der Waals surface area contributed by atoms with E-state index in [1.54, 1.807) is 6.26 Å². The van der Waals surface area contributed by atoms with E-state index in [-0.39, 0.29) is 22.3 Å². The highest BCUT2D eigenvalue weighted by molar-refractivity contribution is 7.84. The van der Waals surface area contributed by atoms with Gasteiger partial charge in [0.25, 0.3) is 0 Å². The zero-order valence-electron chi connectivity index (χ0n) is 11.8. The van der Waals surface area contributed by atoms with Crippen LogP contribution in [0.1, 0.15) is 23.7 Å². The molecule has 2 amide bonds. The second kappa shape index (κ2) is 7.63. The number of benzene rings is 1. The number of carboxylic acids is 1. The standard InChI is InChI=1S/C13H18N2O5S/c1-8(21(2)20)5-6-14-13(19)15-11-4-3-9(16)7-10(11)12(17)18/h3-4,7-8,16H,5-6H2,1-2H3,(H,17,18)(H2,14,15,19). The average Bonchev–Trinajstić information content (AvgIpc) is 2.40. The highest BCUT2D eigenvalue weighted by Gasteiger charge is 2.13. The molecule has 0 saturated carbocycles. The van der Waals surface area contributed by atoms with E-state index in [2.05, 4.69) is 10.6 Å². The van der Waals surface area contributed by atoms with Gasteiger partial charge in [-0.05, 0) is 24.6 Å². The van der Waals surface area contributed by atoms with Gasteiger partial charge in [0.1, 0.15) is 5.75 Å². The Kier molecular flexibility index (Phi) is 6.16. The molecule has 0 aliphatic rings. The van der Waals surface area contributed by atoms with E-state index in [0.29, 0.717) is 13.0 Å². The van der Waals surface area contributed by atoms with Crippen LogP contribution in [0.4, 0.5) is 10.5 Å². The van der Waals surface area contributed by atoms with Gasteiger partial charge in [-0.1, -0.05) is 6.92 Å². The molecule has 0 fully saturated rings. The van der Waals surface area contributed by atoms with Crippen LogP contribution in [0, 0.1) is 0 Å². The van der Waals surface area contributed by atoms with Crippen molar-refractivity contribution in [1.29, 1.82) is 0 Å². The number of rotatable bonds is 6. The fraction of sp³-hybridized carbons (Fsp3) is 0.385. The van der Waals surface area contributed by atoms with E-state index in [1.165, 1.54) is 12.1 Å².